The Morgan fingerprint density at radius 1 is 1.07 bits per heavy atom. The number of anilines is 3. The molecule has 6 heteroatoms. The number of amides is 3. The van der Waals surface area contributed by atoms with Crippen LogP contribution in [0.3, 0.4) is 0 Å². The molecule has 6 nitrogen and oxygen atoms in total. The molecule has 0 bridgehead atoms. The van der Waals surface area contributed by atoms with E-state index in [0.717, 1.165) is 17.7 Å². The number of benzene rings is 2. The third-order valence-corrected chi connectivity index (χ3v) is 4.58. The fraction of sp³-hybridized carbons (Fsp3) is 0.286. The number of rotatable bonds is 5. The Balaban J connectivity index is 1.68. The molecule has 2 aromatic rings. The molecule has 3 amide bonds. The Labute approximate surface area is 158 Å². The predicted molar refractivity (Wildman–Crippen MR) is 106 cm³/mol. The summed E-state index contributed by atoms with van der Waals surface area (Å²) in [4.78, 5) is 37.9. The van der Waals surface area contributed by atoms with E-state index in [-0.39, 0.29) is 24.1 Å². The first-order valence-corrected chi connectivity index (χ1v) is 9.04. The van der Waals surface area contributed by atoms with Crippen LogP contribution in [0.1, 0.15) is 25.8 Å². The van der Waals surface area contributed by atoms with Crippen LogP contribution in [0.25, 0.3) is 0 Å². The molecule has 0 aliphatic carbocycles. The number of aryl methyl sites for hydroxylation is 1. The van der Waals surface area contributed by atoms with Gasteiger partial charge in [0.05, 0.1) is 5.92 Å². The summed E-state index contributed by atoms with van der Waals surface area (Å²) in [6.45, 7) is 3.86. The fourth-order valence-electron chi connectivity index (χ4n) is 3.20. The minimum atomic E-state index is -0.410. The molecule has 0 spiro atoms. The first-order chi connectivity index (χ1) is 13.0. The number of hydrogen-bond acceptors (Lipinski definition) is 3. The molecule has 2 N–H and O–H groups in total. The van der Waals surface area contributed by atoms with Gasteiger partial charge in [-0.15, -0.1) is 0 Å². The van der Waals surface area contributed by atoms with E-state index in [1.807, 2.05) is 24.3 Å². The summed E-state index contributed by atoms with van der Waals surface area (Å²) in [5.41, 5.74) is 3.19. The number of nitrogens with one attached hydrogen (secondary N) is 2. The minimum absolute atomic E-state index is 0.0459. The van der Waals surface area contributed by atoms with Gasteiger partial charge in [0.15, 0.2) is 0 Å². The smallest absolute Gasteiger partial charge is 0.229 e. The number of carbonyl (C=O) groups is 3. The van der Waals surface area contributed by atoms with E-state index in [1.54, 1.807) is 29.2 Å². The Morgan fingerprint density at radius 3 is 2.48 bits per heavy atom. The first-order valence-electron chi connectivity index (χ1n) is 9.04. The maximum Gasteiger partial charge on any atom is 0.229 e. The van der Waals surface area contributed by atoms with Crippen molar-refractivity contribution in [2.75, 3.05) is 22.1 Å². The van der Waals surface area contributed by atoms with Crippen LogP contribution in [-0.4, -0.2) is 24.3 Å². The van der Waals surface area contributed by atoms with Crippen LogP contribution in [0.5, 0.6) is 0 Å². The number of carbonyl (C=O) groups excluding carboxylic acids is 3. The second kappa shape index (κ2) is 8.03. The molecule has 1 atom stereocenters. The summed E-state index contributed by atoms with van der Waals surface area (Å²) in [5.74, 6) is -0.829. The van der Waals surface area contributed by atoms with Gasteiger partial charge in [-0.1, -0.05) is 25.1 Å². The zero-order valence-electron chi connectivity index (χ0n) is 15.5. The molecular weight excluding hydrogens is 342 g/mol. The summed E-state index contributed by atoms with van der Waals surface area (Å²) < 4.78 is 0. The van der Waals surface area contributed by atoms with E-state index >= 15 is 0 Å². The van der Waals surface area contributed by atoms with Gasteiger partial charge in [0.25, 0.3) is 0 Å². The van der Waals surface area contributed by atoms with Crippen molar-refractivity contribution in [3.8, 4) is 0 Å². The lowest BCUT2D eigenvalue weighted by molar-refractivity contribution is -0.122. The van der Waals surface area contributed by atoms with Crippen molar-refractivity contribution in [2.45, 2.75) is 26.7 Å². The second-order valence-electron chi connectivity index (χ2n) is 6.68. The molecule has 1 fully saturated rings. The summed E-state index contributed by atoms with van der Waals surface area (Å²) in [7, 11) is 0. The molecule has 0 saturated carbocycles. The van der Waals surface area contributed by atoms with Crippen LogP contribution < -0.4 is 15.5 Å². The maximum atomic E-state index is 12.6. The summed E-state index contributed by atoms with van der Waals surface area (Å²) in [5, 5.41) is 5.53. The first kappa shape index (κ1) is 18.6. The molecule has 1 heterocycles. The molecule has 140 valence electrons. The third kappa shape index (κ3) is 4.53. The standard InChI is InChI=1S/C21H23N3O3/c1-3-15-6-4-9-19(10-15)24-13-16(11-20(24)26)21(27)23-18-8-5-7-17(12-18)22-14(2)25/h4-10,12,16H,3,11,13H2,1-2H3,(H,22,25)(H,23,27). The fourth-order valence-corrected chi connectivity index (χ4v) is 3.20. The van der Waals surface area contributed by atoms with Crippen molar-refractivity contribution in [1.29, 1.82) is 0 Å². The molecular formula is C21H23N3O3. The second-order valence-corrected chi connectivity index (χ2v) is 6.68. The molecule has 2 aromatic carbocycles. The highest BCUT2D eigenvalue weighted by Crippen LogP contribution is 2.27. The topological polar surface area (TPSA) is 78.5 Å². The van der Waals surface area contributed by atoms with Crippen LogP contribution in [0.2, 0.25) is 0 Å². The zero-order valence-corrected chi connectivity index (χ0v) is 15.5. The highest BCUT2D eigenvalue weighted by Gasteiger charge is 2.35. The molecule has 27 heavy (non-hydrogen) atoms. The lowest BCUT2D eigenvalue weighted by Gasteiger charge is -2.17. The van der Waals surface area contributed by atoms with Crippen molar-refractivity contribution >= 4 is 34.8 Å². The molecule has 1 unspecified atom stereocenters. The van der Waals surface area contributed by atoms with E-state index < -0.39 is 5.92 Å². The highest BCUT2D eigenvalue weighted by atomic mass is 16.2. The van der Waals surface area contributed by atoms with Gasteiger partial charge in [0.1, 0.15) is 0 Å². The Kier molecular flexibility index (Phi) is 5.54. The van der Waals surface area contributed by atoms with Crippen LogP contribution in [0.4, 0.5) is 17.1 Å². The minimum Gasteiger partial charge on any atom is -0.326 e. The molecule has 1 saturated heterocycles. The van der Waals surface area contributed by atoms with Gasteiger partial charge in [-0.3, -0.25) is 14.4 Å². The van der Waals surface area contributed by atoms with E-state index in [1.165, 1.54) is 6.92 Å². The van der Waals surface area contributed by atoms with E-state index in [2.05, 4.69) is 17.6 Å². The van der Waals surface area contributed by atoms with Gasteiger partial charge in [-0.05, 0) is 42.3 Å². The zero-order chi connectivity index (χ0) is 19.4. The lowest BCUT2D eigenvalue weighted by atomic mass is 10.1. The van der Waals surface area contributed by atoms with Crippen molar-refractivity contribution in [3.63, 3.8) is 0 Å². The van der Waals surface area contributed by atoms with Gasteiger partial charge in [0.2, 0.25) is 17.7 Å². The Bertz CT molecular complexity index is 878. The summed E-state index contributed by atoms with van der Waals surface area (Å²) in [6, 6.07) is 14.8. The normalized spacial score (nSPS) is 16.3. The van der Waals surface area contributed by atoms with Gasteiger partial charge < -0.3 is 15.5 Å². The van der Waals surface area contributed by atoms with Crippen molar-refractivity contribution in [3.05, 3.63) is 54.1 Å². The van der Waals surface area contributed by atoms with Crippen LogP contribution in [-0.2, 0) is 20.8 Å². The average Bonchev–Trinajstić information content (AvgIpc) is 3.03. The van der Waals surface area contributed by atoms with E-state index in [0.29, 0.717) is 17.9 Å². The van der Waals surface area contributed by atoms with Gasteiger partial charge in [-0.25, -0.2) is 0 Å². The van der Waals surface area contributed by atoms with Crippen molar-refractivity contribution in [2.24, 2.45) is 5.92 Å². The van der Waals surface area contributed by atoms with Gasteiger partial charge in [0, 0.05) is 37.0 Å². The quantitative estimate of drug-likeness (QED) is 0.854. The maximum absolute atomic E-state index is 12.6. The molecule has 3 rings (SSSR count). The van der Waals surface area contributed by atoms with Crippen LogP contribution >= 0.6 is 0 Å². The molecule has 1 aliphatic heterocycles. The summed E-state index contributed by atoms with van der Waals surface area (Å²) >= 11 is 0. The van der Waals surface area contributed by atoms with Gasteiger partial charge in [-0.2, -0.15) is 0 Å². The van der Waals surface area contributed by atoms with E-state index in [4.69, 9.17) is 0 Å². The number of hydrogen-bond donors (Lipinski definition) is 2. The monoisotopic (exact) mass is 365 g/mol. The molecule has 0 aromatic heterocycles. The highest BCUT2D eigenvalue weighted by molar-refractivity contribution is 6.03. The summed E-state index contributed by atoms with van der Waals surface area (Å²) in [6.07, 6.45) is 1.08. The molecule has 0 radical (unpaired) electrons. The largest absolute Gasteiger partial charge is 0.326 e. The lowest BCUT2D eigenvalue weighted by Crippen LogP contribution is -2.28. The predicted octanol–water partition coefficient (Wildman–Crippen LogP) is 3.20. The van der Waals surface area contributed by atoms with E-state index in [9.17, 15) is 14.4 Å². The Morgan fingerprint density at radius 2 is 1.78 bits per heavy atom. The Hall–Kier alpha value is -3.15. The van der Waals surface area contributed by atoms with Crippen molar-refractivity contribution < 1.29 is 14.4 Å². The van der Waals surface area contributed by atoms with Crippen molar-refractivity contribution in [1.82, 2.24) is 0 Å². The van der Waals surface area contributed by atoms with Crippen LogP contribution in [0, 0.1) is 5.92 Å². The average molecular weight is 365 g/mol. The number of nitrogens with zero attached hydrogens (tertiary/aromatic N) is 1. The van der Waals surface area contributed by atoms with Crippen LogP contribution in [0.15, 0.2) is 48.5 Å². The van der Waals surface area contributed by atoms with Gasteiger partial charge >= 0.3 is 0 Å². The SMILES string of the molecule is CCc1cccc(N2CC(C(=O)Nc3cccc(NC(C)=O)c3)CC2=O)c1. The third-order valence-electron chi connectivity index (χ3n) is 4.58. The molecule has 1 aliphatic rings.